The number of hydrogen-bond donors (Lipinski definition) is 0. The van der Waals surface area contributed by atoms with E-state index in [-0.39, 0.29) is 0 Å². The third-order valence-corrected chi connectivity index (χ3v) is 6.50. The van der Waals surface area contributed by atoms with Crippen LogP contribution < -0.4 is 0 Å². The summed E-state index contributed by atoms with van der Waals surface area (Å²) >= 11 is 0. The zero-order valence-electron chi connectivity index (χ0n) is 14.9. The third-order valence-electron chi connectivity index (χ3n) is 6.50. The van der Waals surface area contributed by atoms with Crippen LogP contribution in [0.4, 0.5) is 0 Å². The van der Waals surface area contributed by atoms with Gasteiger partial charge in [0.2, 0.25) is 0 Å². The zero-order chi connectivity index (χ0) is 16.6. The summed E-state index contributed by atoms with van der Waals surface area (Å²) in [5.74, 6) is 0. The molecule has 0 N–H and O–H groups in total. The molecular formula is C22H27N3. The highest BCUT2D eigenvalue weighted by molar-refractivity contribution is 5.33. The van der Waals surface area contributed by atoms with Crippen molar-refractivity contribution in [2.75, 3.05) is 6.54 Å². The van der Waals surface area contributed by atoms with Crippen LogP contribution in [0.25, 0.3) is 0 Å². The largest absolute Gasteiger partial charge is 0.294 e. The lowest BCUT2D eigenvalue weighted by Crippen LogP contribution is -2.33. The molecule has 4 heterocycles. The molecule has 2 aromatic rings. The topological polar surface area (TPSA) is 19.4 Å². The molecular weight excluding hydrogens is 306 g/mol. The molecule has 3 heteroatoms. The Hall–Kier alpha value is -1.71. The summed E-state index contributed by atoms with van der Waals surface area (Å²) in [4.78, 5) is 10.1. The van der Waals surface area contributed by atoms with Crippen LogP contribution in [0.5, 0.6) is 0 Å². The van der Waals surface area contributed by atoms with E-state index in [0.29, 0.717) is 0 Å². The molecule has 0 amide bonds. The van der Waals surface area contributed by atoms with Crippen LogP contribution >= 0.6 is 0 Å². The average molecular weight is 333 g/mol. The van der Waals surface area contributed by atoms with Crippen molar-refractivity contribution in [1.29, 1.82) is 0 Å². The van der Waals surface area contributed by atoms with Gasteiger partial charge in [0.25, 0.3) is 0 Å². The highest BCUT2D eigenvalue weighted by atomic mass is 15.2. The molecule has 0 unspecified atom stereocenters. The Morgan fingerprint density at radius 2 is 1.68 bits per heavy atom. The standard InChI is InChI=1S/C22H27N3/c1-2-4-17(5-3-1)14-24-13-11-21-18(15-24)10-12-23-22(21)16-25-19-6-7-20(25)9-8-19/h1-5,10,12,19-20H,6-9,11,13-16H2. The Balaban J connectivity index is 1.32. The Labute approximate surface area is 150 Å². The second-order valence-corrected chi connectivity index (χ2v) is 7.98. The van der Waals surface area contributed by atoms with Gasteiger partial charge in [0.15, 0.2) is 0 Å². The van der Waals surface area contributed by atoms with Crippen LogP contribution in [-0.2, 0) is 26.1 Å². The summed E-state index contributed by atoms with van der Waals surface area (Å²) in [5.41, 5.74) is 5.81. The lowest BCUT2D eigenvalue weighted by Gasteiger charge is -2.31. The van der Waals surface area contributed by atoms with Gasteiger partial charge in [-0.15, -0.1) is 0 Å². The Bertz CT molecular complexity index is 722. The fraction of sp³-hybridized carbons (Fsp3) is 0.500. The third kappa shape index (κ3) is 3.00. The first-order chi connectivity index (χ1) is 12.4. The highest BCUT2D eigenvalue weighted by Gasteiger charge is 2.39. The maximum atomic E-state index is 4.80. The summed E-state index contributed by atoms with van der Waals surface area (Å²) in [7, 11) is 0. The van der Waals surface area contributed by atoms with Crippen molar-refractivity contribution in [3.63, 3.8) is 0 Å². The van der Waals surface area contributed by atoms with Gasteiger partial charge in [-0.05, 0) is 54.9 Å². The van der Waals surface area contributed by atoms with E-state index in [9.17, 15) is 0 Å². The molecule has 0 aliphatic carbocycles. The first kappa shape index (κ1) is 15.5. The minimum absolute atomic E-state index is 0.834. The molecule has 2 saturated heterocycles. The van der Waals surface area contributed by atoms with E-state index in [4.69, 9.17) is 4.98 Å². The molecule has 0 radical (unpaired) electrons. The molecule has 1 aromatic carbocycles. The minimum Gasteiger partial charge on any atom is -0.294 e. The number of nitrogens with zero attached hydrogens (tertiary/aromatic N) is 3. The monoisotopic (exact) mass is 333 g/mol. The second kappa shape index (κ2) is 6.54. The number of pyridine rings is 1. The van der Waals surface area contributed by atoms with Crippen molar-refractivity contribution < 1.29 is 0 Å². The van der Waals surface area contributed by atoms with E-state index in [1.54, 1.807) is 0 Å². The maximum Gasteiger partial charge on any atom is 0.0579 e. The van der Waals surface area contributed by atoms with Crippen molar-refractivity contribution >= 4 is 0 Å². The predicted octanol–water partition coefficient (Wildman–Crippen LogP) is 3.77. The van der Waals surface area contributed by atoms with E-state index in [2.05, 4.69) is 46.2 Å². The number of rotatable bonds is 4. The van der Waals surface area contributed by atoms with Gasteiger partial charge >= 0.3 is 0 Å². The molecule has 130 valence electrons. The molecule has 5 rings (SSSR count). The van der Waals surface area contributed by atoms with Crippen molar-refractivity contribution in [2.45, 2.75) is 63.8 Å². The molecule has 0 spiro atoms. The molecule has 25 heavy (non-hydrogen) atoms. The SMILES string of the molecule is c1ccc(CN2CCc3c(ccnc3CN3C4CCC3CC4)C2)cc1. The molecule has 3 aliphatic rings. The van der Waals surface area contributed by atoms with E-state index < -0.39 is 0 Å². The summed E-state index contributed by atoms with van der Waals surface area (Å²) in [6, 6.07) is 14.8. The van der Waals surface area contributed by atoms with Crippen LogP contribution in [0.1, 0.15) is 48.1 Å². The van der Waals surface area contributed by atoms with Gasteiger partial charge in [0.05, 0.1) is 5.69 Å². The number of benzene rings is 1. The normalized spacial score (nSPS) is 26.1. The molecule has 3 nitrogen and oxygen atoms in total. The molecule has 1 aromatic heterocycles. The lowest BCUT2D eigenvalue weighted by molar-refractivity contribution is 0.230. The van der Waals surface area contributed by atoms with E-state index in [1.807, 2.05) is 6.20 Å². The summed E-state index contributed by atoms with van der Waals surface area (Å²) < 4.78 is 0. The van der Waals surface area contributed by atoms with Gasteiger partial charge in [0.1, 0.15) is 0 Å². The fourth-order valence-electron chi connectivity index (χ4n) is 5.19. The number of hydrogen-bond acceptors (Lipinski definition) is 3. The van der Waals surface area contributed by atoms with E-state index in [1.165, 1.54) is 48.1 Å². The number of fused-ring (bicyclic) bond motifs is 3. The van der Waals surface area contributed by atoms with Crippen molar-refractivity contribution in [1.82, 2.24) is 14.8 Å². The van der Waals surface area contributed by atoms with Gasteiger partial charge in [-0.25, -0.2) is 0 Å². The van der Waals surface area contributed by atoms with Gasteiger partial charge in [-0.3, -0.25) is 14.8 Å². The van der Waals surface area contributed by atoms with Gasteiger partial charge < -0.3 is 0 Å². The maximum absolute atomic E-state index is 4.80. The van der Waals surface area contributed by atoms with Crippen LogP contribution in [0.2, 0.25) is 0 Å². The van der Waals surface area contributed by atoms with Crippen LogP contribution in [0.3, 0.4) is 0 Å². The predicted molar refractivity (Wildman–Crippen MR) is 100 cm³/mol. The fourth-order valence-corrected chi connectivity index (χ4v) is 5.19. The molecule has 0 atom stereocenters. The average Bonchev–Trinajstić information content (AvgIpc) is 3.22. The Morgan fingerprint density at radius 3 is 2.44 bits per heavy atom. The smallest absolute Gasteiger partial charge is 0.0579 e. The summed E-state index contributed by atoms with van der Waals surface area (Å²) in [5, 5.41) is 0. The van der Waals surface area contributed by atoms with Crippen molar-refractivity contribution in [2.24, 2.45) is 0 Å². The van der Waals surface area contributed by atoms with Gasteiger partial charge in [-0.1, -0.05) is 30.3 Å². The van der Waals surface area contributed by atoms with Gasteiger partial charge in [-0.2, -0.15) is 0 Å². The first-order valence-electron chi connectivity index (χ1n) is 9.84. The first-order valence-corrected chi connectivity index (χ1v) is 9.84. The summed E-state index contributed by atoms with van der Waals surface area (Å²) in [6.07, 6.45) is 8.82. The van der Waals surface area contributed by atoms with E-state index >= 15 is 0 Å². The molecule has 2 fully saturated rings. The lowest BCUT2D eigenvalue weighted by atomic mass is 9.97. The highest BCUT2D eigenvalue weighted by Crippen LogP contribution is 2.38. The zero-order valence-corrected chi connectivity index (χ0v) is 14.9. The van der Waals surface area contributed by atoms with E-state index in [0.717, 1.165) is 44.7 Å². The number of aromatic nitrogens is 1. The Kier molecular flexibility index (Phi) is 4.07. The second-order valence-electron chi connectivity index (χ2n) is 7.98. The van der Waals surface area contributed by atoms with Crippen LogP contribution in [0.15, 0.2) is 42.6 Å². The molecule has 3 aliphatic heterocycles. The Morgan fingerprint density at radius 1 is 0.920 bits per heavy atom. The van der Waals surface area contributed by atoms with Crippen molar-refractivity contribution in [3.8, 4) is 0 Å². The molecule has 0 saturated carbocycles. The van der Waals surface area contributed by atoms with Crippen LogP contribution in [0, 0.1) is 0 Å². The van der Waals surface area contributed by atoms with Crippen LogP contribution in [-0.4, -0.2) is 33.4 Å². The quantitative estimate of drug-likeness (QED) is 0.849. The van der Waals surface area contributed by atoms with Crippen molar-refractivity contribution in [3.05, 3.63) is 65.0 Å². The summed E-state index contributed by atoms with van der Waals surface area (Å²) in [6.45, 7) is 4.34. The molecule has 2 bridgehead atoms. The van der Waals surface area contributed by atoms with Gasteiger partial charge in [0, 0.05) is 44.5 Å². The minimum atomic E-state index is 0.834.